The van der Waals surface area contributed by atoms with Crippen molar-refractivity contribution >= 4 is 11.8 Å². The van der Waals surface area contributed by atoms with Crippen LogP contribution in [0.3, 0.4) is 0 Å². The standard InChI is InChI=1S/C21H24N4O/c1-15-5-4-6-18(11-15)14-23-21-24-16(2)12-20(25-21)22-13-17-7-9-19(26-3)10-8-17/h4-12H,13-14H2,1-3H3,(H2,22,23,24,25). The maximum atomic E-state index is 5.18. The zero-order valence-corrected chi connectivity index (χ0v) is 15.4. The van der Waals surface area contributed by atoms with E-state index in [0.29, 0.717) is 19.0 Å². The molecule has 26 heavy (non-hydrogen) atoms. The molecule has 0 spiro atoms. The highest BCUT2D eigenvalue weighted by Crippen LogP contribution is 2.15. The molecule has 0 saturated carbocycles. The lowest BCUT2D eigenvalue weighted by atomic mass is 10.1. The van der Waals surface area contributed by atoms with Crippen LogP contribution in [0.5, 0.6) is 5.75 Å². The first kappa shape index (κ1) is 17.7. The monoisotopic (exact) mass is 348 g/mol. The summed E-state index contributed by atoms with van der Waals surface area (Å²) in [5.41, 5.74) is 4.54. The van der Waals surface area contributed by atoms with Gasteiger partial charge in [-0.25, -0.2) is 4.98 Å². The molecule has 3 rings (SSSR count). The lowest BCUT2D eigenvalue weighted by molar-refractivity contribution is 0.414. The van der Waals surface area contributed by atoms with Crippen molar-refractivity contribution in [3.63, 3.8) is 0 Å². The van der Waals surface area contributed by atoms with Gasteiger partial charge in [0.1, 0.15) is 11.6 Å². The Hall–Kier alpha value is -3.08. The number of hydrogen-bond acceptors (Lipinski definition) is 5. The predicted octanol–water partition coefficient (Wildman–Crippen LogP) is 4.33. The van der Waals surface area contributed by atoms with E-state index in [4.69, 9.17) is 4.74 Å². The number of rotatable bonds is 7. The number of hydrogen-bond donors (Lipinski definition) is 2. The second-order valence-electron chi connectivity index (χ2n) is 6.26. The first-order valence-corrected chi connectivity index (χ1v) is 8.64. The third-order valence-electron chi connectivity index (χ3n) is 4.02. The molecule has 0 radical (unpaired) electrons. The van der Waals surface area contributed by atoms with Crippen molar-refractivity contribution in [3.8, 4) is 5.75 Å². The van der Waals surface area contributed by atoms with E-state index < -0.39 is 0 Å². The molecule has 134 valence electrons. The van der Waals surface area contributed by atoms with E-state index in [1.807, 2.05) is 37.3 Å². The van der Waals surface area contributed by atoms with Crippen LogP contribution in [0.1, 0.15) is 22.4 Å². The highest BCUT2D eigenvalue weighted by atomic mass is 16.5. The van der Waals surface area contributed by atoms with E-state index in [-0.39, 0.29) is 0 Å². The number of aryl methyl sites for hydroxylation is 2. The summed E-state index contributed by atoms with van der Waals surface area (Å²) in [4.78, 5) is 9.03. The third-order valence-corrected chi connectivity index (χ3v) is 4.02. The summed E-state index contributed by atoms with van der Waals surface area (Å²) in [6, 6.07) is 18.3. The fourth-order valence-corrected chi connectivity index (χ4v) is 2.68. The molecule has 0 aliphatic rings. The molecule has 0 bridgehead atoms. The number of nitrogens with one attached hydrogen (secondary N) is 2. The Morgan fingerprint density at radius 3 is 2.35 bits per heavy atom. The zero-order chi connectivity index (χ0) is 18.4. The van der Waals surface area contributed by atoms with E-state index in [2.05, 4.69) is 51.8 Å². The van der Waals surface area contributed by atoms with Gasteiger partial charge in [-0.1, -0.05) is 42.0 Å². The number of nitrogens with zero attached hydrogens (tertiary/aromatic N) is 2. The van der Waals surface area contributed by atoms with Crippen LogP contribution < -0.4 is 15.4 Å². The number of anilines is 2. The first-order valence-electron chi connectivity index (χ1n) is 8.64. The summed E-state index contributed by atoms with van der Waals surface area (Å²) < 4.78 is 5.18. The van der Waals surface area contributed by atoms with Crippen LogP contribution in [-0.4, -0.2) is 17.1 Å². The van der Waals surface area contributed by atoms with Crippen LogP contribution in [-0.2, 0) is 13.1 Å². The fraction of sp³-hybridized carbons (Fsp3) is 0.238. The molecule has 5 nitrogen and oxygen atoms in total. The van der Waals surface area contributed by atoms with Gasteiger partial charge in [0.05, 0.1) is 7.11 Å². The molecule has 0 unspecified atom stereocenters. The lowest BCUT2D eigenvalue weighted by Crippen LogP contribution is -2.08. The van der Waals surface area contributed by atoms with Crippen molar-refractivity contribution < 1.29 is 4.74 Å². The van der Waals surface area contributed by atoms with Gasteiger partial charge >= 0.3 is 0 Å². The van der Waals surface area contributed by atoms with Crippen molar-refractivity contribution in [2.24, 2.45) is 0 Å². The van der Waals surface area contributed by atoms with Crippen molar-refractivity contribution in [1.82, 2.24) is 9.97 Å². The smallest absolute Gasteiger partial charge is 0.225 e. The number of aromatic nitrogens is 2. The quantitative estimate of drug-likeness (QED) is 0.666. The van der Waals surface area contributed by atoms with Gasteiger partial charge in [0, 0.05) is 24.8 Å². The van der Waals surface area contributed by atoms with Crippen molar-refractivity contribution in [2.75, 3.05) is 17.7 Å². The van der Waals surface area contributed by atoms with Gasteiger partial charge in [0.25, 0.3) is 0 Å². The summed E-state index contributed by atoms with van der Waals surface area (Å²) in [7, 11) is 1.67. The molecule has 0 atom stereocenters. The lowest BCUT2D eigenvalue weighted by Gasteiger charge is -2.11. The van der Waals surface area contributed by atoms with Crippen LogP contribution in [0.4, 0.5) is 11.8 Å². The Morgan fingerprint density at radius 2 is 1.62 bits per heavy atom. The van der Waals surface area contributed by atoms with Crippen LogP contribution in [0, 0.1) is 13.8 Å². The molecule has 0 aliphatic heterocycles. The minimum atomic E-state index is 0.628. The molecule has 0 aliphatic carbocycles. The van der Waals surface area contributed by atoms with Crippen LogP contribution >= 0.6 is 0 Å². The third kappa shape index (κ3) is 4.96. The number of ether oxygens (including phenoxy) is 1. The zero-order valence-electron chi connectivity index (χ0n) is 15.4. The van der Waals surface area contributed by atoms with E-state index in [0.717, 1.165) is 22.8 Å². The Kier molecular flexibility index (Phi) is 5.69. The Bertz CT molecular complexity index is 862. The van der Waals surface area contributed by atoms with Crippen LogP contribution in [0.2, 0.25) is 0 Å². The van der Waals surface area contributed by atoms with Crippen LogP contribution in [0.25, 0.3) is 0 Å². The van der Waals surface area contributed by atoms with Crippen molar-refractivity contribution in [1.29, 1.82) is 0 Å². The molecule has 1 heterocycles. The molecular weight excluding hydrogens is 324 g/mol. The highest BCUT2D eigenvalue weighted by Gasteiger charge is 2.03. The molecule has 2 aromatic carbocycles. The summed E-state index contributed by atoms with van der Waals surface area (Å²) in [6.45, 7) is 5.45. The maximum Gasteiger partial charge on any atom is 0.225 e. The molecule has 0 saturated heterocycles. The Labute approximate surface area is 154 Å². The summed E-state index contributed by atoms with van der Waals surface area (Å²) >= 11 is 0. The Balaban J connectivity index is 1.63. The molecule has 0 fully saturated rings. The maximum absolute atomic E-state index is 5.18. The minimum Gasteiger partial charge on any atom is -0.497 e. The fourth-order valence-electron chi connectivity index (χ4n) is 2.68. The van der Waals surface area contributed by atoms with Gasteiger partial charge in [-0.05, 0) is 37.1 Å². The van der Waals surface area contributed by atoms with E-state index in [1.54, 1.807) is 7.11 Å². The van der Waals surface area contributed by atoms with Crippen molar-refractivity contribution in [2.45, 2.75) is 26.9 Å². The normalized spacial score (nSPS) is 10.4. The summed E-state index contributed by atoms with van der Waals surface area (Å²) in [6.07, 6.45) is 0. The second kappa shape index (κ2) is 8.34. The van der Waals surface area contributed by atoms with Gasteiger partial charge in [0.15, 0.2) is 0 Å². The average molecular weight is 348 g/mol. The van der Waals surface area contributed by atoms with Gasteiger partial charge in [-0.2, -0.15) is 4.98 Å². The summed E-state index contributed by atoms with van der Waals surface area (Å²) in [5, 5.41) is 6.66. The highest BCUT2D eigenvalue weighted by molar-refractivity contribution is 5.43. The summed E-state index contributed by atoms with van der Waals surface area (Å²) in [5.74, 6) is 2.29. The molecule has 3 aromatic rings. The van der Waals surface area contributed by atoms with Crippen LogP contribution in [0.15, 0.2) is 54.6 Å². The molecule has 0 amide bonds. The first-order chi connectivity index (χ1) is 12.6. The SMILES string of the molecule is COc1ccc(CNc2cc(C)nc(NCc3cccc(C)c3)n2)cc1. The van der Waals surface area contributed by atoms with Gasteiger partial charge in [-0.15, -0.1) is 0 Å². The molecule has 1 aromatic heterocycles. The van der Waals surface area contributed by atoms with Gasteiger partial charge in [0.2, 0.25) is 5.95 Å². The largest absolute Gasteiger partial charge is 0.497 e. The van der Waals surface area contributed by atoms with E-state index in [9.17, 15) is 0 Å². The van der Waals surface area contributed by atoms with Gasteiger partial charge < -0.3 is 15.4 Å². The molecule has 2 N–H and O–H groups in total. The number of benzene rings is 2. The van der Waals surface area contributed by atoms with Gasteiger partial charge in [-0.3, -0.25) is 0 Å². The topological polar surface area (TPSA) is 59.1 Å². The van der Waals surface area contributed by atoms with E-state index >= 15 is 0 Å². The predicted molar refractivity (Wildman–Crippen MR) is 106 cm³/mol. The van der Waals surface area contributed by atoms with E-state index in [1.165, 1.54) is 11.1 Å². The van der Waals surface area contributed by atoms with Crippen molar-refractivity contribution in [3.05, 3.63) is 77.0 Å². The Morgan fingerprint density at radius 1 is 0.846 bits per heavy atom. The molecular formula is C21H24N4O. The number of methoxy groups -OCH3 is 1. The molecule has 5 heteroatoms. The minimum absolute atomic E-state index is 0.628. The average Bonchev–Trinajstić information content (AvgIpc) is 2.65. The second-order valence-corrected chi connectivity index (χ2v) is 6.26.